The second-order valence-corrected chi connectivity index (χ2v) is 2.66. The average Bonchev–Trinajstić information content (AvgIpc) is 2.09. The van der Waals surface area contributed by atoms with Crippen molar-refractivity contribution in [2.24, 2.45) is 0 Å². The van der Waals surface area contributed by atoms with Gasteiger partial charge in [-0.05, 0) is 19.1 Å². The molecule has 0 bridgehead atoms. The predicted molar refractivity (Wildman–Crippen MR) is 50.4 cm³/mol. The number of carbonyl (C=O) groups excluding carboxylic acids is 1. The average molecular weight is 180 g/mol. The number of carbonyl (C=O) groups is 1. The van der Waals surface area contributed by atoms with Crippen molar-refractivity contribution in [3.05, 3.63) is 29.8 Å². The maximum absolute atomic E-state index is 10.9. The highest BCUT2D eigenvalue weighted by atomic mass is 16.3. The van der Waals surface area contributed by atoms with Crippen LogP contribution in [0, 0.1) is 6.92 Å². The lowest BCUT2D eigenvalue weighted by Gasteiger charge is -2.04. The number of urea groups is 1. The molecule has 70 valence electrons. The summed E-state index contributed by atoms with van der Waals surface area (Å²) in [6, 6.07) is 6.98. The first-order chi connectivity index (χ1) is 6.22. The van der Waals surface area contributed by atoms with Gasteiger partial charge >= 0.3 is 6.03 Å². The highest BCUT2D eigenvalue weighted by molar-refractivity contribution is 5.89. The van der Waals surface area contributed by atoms with Crippen LogP contribution in [0.15, 0.2) is 24.3 Å². The van der Waals surface area contributed by atoms with Crippen molar-refractivity contribution in [2.75, 3.05) is 12.0 Å². The van der Waals surface area contributed by atoms with E-state index in [1.807, 2.05) is 19.1 Å². The number of rotatable bonds is 2. The summed E-state index contributed by atoms with van der Waals surface area (Å²) < 4.78 is 0. The number of aliphatic hydroxyl groups is 1. The molecular weight excluding hydrogens is 168 g/mol. The SMILES string of the molecule is Cc1ccc(NC(=O)NCO)cc1. The molecule has 1 aromatic rings. The zero-order valence-corrected chi connectivity index (χ0v) is 7.37. The highest BCUT2D eigenvalue weighted by Gasteiger charge is 1.98. The first kappa shape index (κ1) is 9.54. The van der Waals surface area contributed by atoms with Crippen molar-refractivity contribution in [3.63, 3.8) is 0 Å². The summed E-state index contributed by atoms with van der Waals surface area (Å²) in [6.45, 7) is 1.61. The van der Waals surface area contributed by atoms with Crippen LogP contribution >= 0.6 is 0 Å². The van der Waals surface area contributed by atoms with Crippen molar-refractivity contribution >= 4 is 11.7 Å². The topological polar surface area (TPSA) is 61.4 Å². The van der Waals surface area contributed by atoms with Gasteiger partial charge in [0.05, 0.1) is 0 Å². The Labute approximate surface area is 76.6 Å². The summed E-state index contributed by atoms with van der Waals surface area (Å²) in [5.41, 5.74) is 1.84. The molecule has 0 aromatic heterocycles. The summed E-state index contributed by atoms with van der Waals surface area (Å²) in [6.07, 6.45) is 0. The Morgan fingerprint density at radius 1 is 1.38 bits per heavy atom. The first-order valence-corrected chi connectivity index (χ1v) is 3.95. The third-order valence-corrected chi connectivity index (χ3v) is 1.55. The first-order valence-electron chi connectivity index (χ1n) is 3.95. The Kier molecular flexibility index (Phi) is 3.28. The zero-order chi connectivity index (χ0) is 9.68. The van der Waals surface area contributed by atoms with Crippen LogP contribution in [0.2, 0.25) is 0 Å². The van der Waals surface area contributed by atoms with Crippen LogP contribution < -0.4 is 10.6 Å². The van der Waals surface area contributed by atoms with E-state index in [2.05, 4.69) is 10.6 Å². The molecule has 0 aliphatic heterocycles. The Balaban J connectivity index is 2.54. The molecule has 1 aromatic carbocycles. The smallest absolute Gasteiger partial charge is 0.321 e. The molecule has 4 nitrogen and oxygen atoms in total. The Bertz CT molecular complexity index is 282. The van der Waals surface area contributed by atoms with E-state index in [1.165, 1.54) is 0 Å². The number of aliphatic hydroxyl groups excluding tert-OH is 1. The summed E-state index contributed by atoms with van der Waals surface area (Å²) in [5, 5.41) is 13.2. The number of aryl methyl sites for hydroxylation is 1. The van der Waals surface area contributed by atoms with E-state index >= 15 is 0 Å². The Morgan fingerprint density at radius 2 is 2.00 bits per heavy atom. The molecule has 0 radical (unpaired) electrons. The monoisotopic (exact) mass is 180 g/mol. The third kappa shape index (κ3) is 3.13. The van der Waals surface area contributed by atoms with Gasteiger partial charge in [-0.1, -0.05) is 17.7 Å². The van der Waals surface area contributed by atoms with Gasteiger partial charge in [0.1, 0.15) is 6.73 Å². The molecule has 0 unspecified atom stereocenters. The van der Waals surface area contributed by atoms with Gasteiger partial charge in [-0.3, -0.25) is 0 Å². The van der Waals surface area contributed by atoms with Gasteiger partial charge in [0.2, 0.25) is 0 Å². The largest absolute Gasteiger partial charge is 0.376 e. The summed E-state index contributed by atoms with van der Waals surface area (Å²) in [5.74, 6) is 0. The minimum Gasteiger partial charge on any atom is -0.376 e. The van der Waals surface area contributed by atoms with Gasteiger partial charge in [-0.25, -0.2) is 4.79 Å². The number of anilines is 1. The van der Waals surface area contributed by atoms with Crippen molar-refractivity contribution < 1.29 is 9.90 Å². The molecule has 0 saturated heterocycles. The van der Waals surface area contributed by atoms with Crippen LogP contribution in [0.25, 0.3) is 0 Å². The van der Waals surface area contributed by atoms with E-state index in [4.69, 9.17) is 5.11 Å². The molecule has 4 heteroatoms. The minimum atomic E-state index is -0.411. The van der Waals surface area contributed by atoms with Crippen molar-refractivity contribution in [1.29, 1.82) is 0 Å². The number of nitrogens with one attached hydrogen (secondary N) is 2. The summed E-state index contributed by atoms with van der Waals surface area (Å²) in [4.78, 5) is 10.9. The Morgan fingerprint density at radius 3 is 2.54 bits per heavy atom. The van der Waals surface area contributed by atoms with Gasteiger partial charge in [0.25, 0.3) is 0 Å². The number of hydrogen-bond donors (Lipinski definition) is 3. The minimum absolute atomic E-state index is 0.363. The van der Waals surface area contributed by atoms with Gasteiger partial charge in [-0.15, -0.1) is 0 Å². The summed E-state index contributed by atoms with van der Waals surface area (Å²) >= 11 is 0. The molecule has 0 atom stereocenters. The van der Waals surface area contributed by atoms with E-state index in [0.29, 0.717) is 5.69 Å². The third-order valence-electron chi connectivity index (χ3n) is 1.55. The number of benzene rings is 1. The van der Waals surface area contributed by atoms with Crippen molar-refractivity contribution in [2.45, 2.75) is 6.92 Å². The van der Waals surface area contributed by atoms with E-state index in [1.54, 1.807) is 12.1 Å². The lowest BCUT2D eigenvalue weighted by atomic mass is 10.2. The fourth-order valence-corrected chi connectivity index (χ4v) is 0.884. The fourth-order valence-electron chi connectivity index (χ4n) is 0.884. The molecule has 2 amide bonds. The van der Waals surface area contributed by atoms with Crippen LogP contribution in [0.1, 0.15) is 5.56 Å². The van der Waals surface area contributed by atoms with Crippen LogP contribution in [-0.2, 0) is 0 Å². The van der Waals surface area contributed by atoms with Gasteiger partial charge < -0.3 is 15.7 Å². The molecule has 0 heterocycles. The maximum atomic E-state index is 10.9. The molecule has 0 spiro atoms. The molecular formula is C9H12N2O2. The zero-order valence-electron chi connectivity index (χ0n) is 7.37. The molecule has 0 fully saturated rings. The molecule has 0 aliphatic rings. The lowest BCUT2D eigenvalue weighted by Crippen LogP contribution is -2.29. The highest BCUT2D eigenvalue weighted by Crippen LogP contribution is 2.07. The normalized spacial score (nSPS) is 9.38. The van der Waals surface area contributed by atoms with Gasteiger partial charge in [0, 0.05) is 5.69 Å². The van der Waals surface area contributed by atoms with E-state index < -0.39 is 6.03 Å². The molecule has 1 rings (SSSR count). The van der Waals surface area contributed by atoms with Crippen molar-refractivity contribution in [1.82, 2.24) is 5.32 Å². The maximum Gasteiger partial charge on any atom is 0.321 e. The van der Waals surface area contributed by atoms with Crippen LogP contribution in [0.5, 0.6) is 0 Å². The Hall–Kier alpha value is -1.55. The van der Waals surface area contributed by atoms with Gasteiger partial charge in [0.15, 0.2) is 0 Å². The number of hydrogen-bond acceptors (Lipinski definition) is 2. The second kappa shape index (κ2) is 4.47. The molecule has 13 heavy (non-hydrogen) atoms. The standard InChI is InChI=1S/C9H12N2O2/c1-7-2-4-8(5-3-7)11-9(13)10-6-12/h2-5,12H,6H2,1H3,(H2,10,11,13). The van der Waals surface area contributed by atoms with Crippen LogP contribution in [0.4, 0.5) is 10.5 Å². The van der Waals surface area contributed by atoms with Crippen LogP contribution in [-0.4, -0.2) is 17.9 Å². The fraction of sp³-hybridized carbons (Fsp3) is 0.222. The van der Waals surface area contributed by atoms with Crippen molar-refractivity contribution in [3.8, 4) is 0 Å². The van der Waals surface area contributed by atoms with Gasteiger partial charge in [-0.2, -0.15) is 0 Å². The molecule has 0 saturated carbocycles. The predicted octanol–water partition coefficient (Wildman–Crippen LogP) is 1.07. The quantitative estimate of drug-likeness (QED) is 0.596. The molecule has 3 N–H and O–H groups in total. The second-order valence-electron chi connectivity index (χ2n) is 2.66. The summed E-state index contributed by atoms with van der Waals surface area (Å²) in [7, 11) is 0. The van der Waals surface area contributed by atoms with E-state index in [-0.39, 0.29) is 6.73 Å². The number of amides is 2. The van der Waals surface area contributed by atoms with E-state index in [9.17, 15) is 4.79 Å². The lowest BCUT2D eigenvalue weighted by molar-refractivity contribution is 0.228. The van der Waals surface area contributed by atoms with Crippen LogP contribution in [0.3, 0.4) is 0 Å². The van der Waals surface area contributed by atoms with E-state index in [0.717, 1.165) is 5.56 Å². The molecule has 0 aliphatic carbocycles.